The molecule has 0 aliphatic carbocycles. The Hall–Kier alpha value is -2.12. The Morgan fingerprint density at radius 3 is 3.04 bits per heavy atom. The number of thiophene rings is 1. The molecule has 1 aliphatic heterocycles. The predicted octanol–water partition coefficient (Wildman–Crippen LogP) is 4.54. The van der Waals surface area contributed by atoms with Gasteiger partial charge < -0.3 is 9.42 Å². The number of hydrogen-bond donors (Lipinski definition) is 0. The van der Waals surface area contributed by atoms with Crippen molar-refractivity contribution >= 4 is 29.0 Å². The minimum atomic E-state index is 0.0889. The number of rotatable bonds is 5. The number of carbonyl (C=O) groups is 1. The zero-order valence-electron chi connectivity index (χ0n) is 14.4. The second kappa shape index (κ2) is 7.63. The normalized spacial score (nSPS) is 17.0. The van der Waals surface area contributed by atoms with Crippen molar-refractivity contribution in [1.29, 1.82) is 0 Å². The van der Waals surface area contributed by atoms with E-state index in [1.165, 1.54) is 0 Å². The maximum absolute atomic E-state index is 13.0. The summed E-state index contributed by atoms with van der Waals surface area (Å²) in [4.78, 5) is 21.4. The molecule has 0 radical (unpaired) electrons. The van der Waals surface area contributed by atoms with Gasteiger partial charge in [0.05, 0.1) is 10.4 Å². The summed E-state index contributed by atoms with van der Waals surface area (Å²) in [5.41, 5.74) is 0.785. The summed E-state index contributed by atoms with van der Waals surface area (Å²) < 4.78 is 5.40. The Balaban J connectivity index is 1.48. The molecule has 134 valence electrons. The standard InChI is InChI=1S/C19H19N3O2S2/c1-2-25-15-7-4-3-6-14(15)19(23)22-10-9-13(12-22)17-20-18(24-21-17)16-8-5-11-26-16/h3-8,11,13H,2,9-10,12H2,1H3/t13-/m1/s1. The van der Waals surface area contributed by atoms with E-state index in [4.69, 9.17) is 4.52 Å². The molecule has 0 N–H and O–H groups in total. The van der Waals surface area contributed by atoms with Crippen molar-refractivity contribution in [2.75, 3.05) is 18.8 Å². The Morgan fingerprint density at radius 2 is 2.23 bits per heavy atom. The average molecular weight is 386 g/mol. The van der Waals surface area contributed by atoms with E-state index in [1.54, 1.807) is 23.1 Å². The third-order valence-electron chi connectivity index (χ3n) is 4.43. The van der Waals surface area contributed by atoms with Gasteiger partial charge in [-0.1, -0.05) is 30.3 Å². The second-order valence-corrected chi connectivity index (χ2v) is 8.35. The first kappa shape index (κ1) is 17.3. The van der Waals surface area contributed by atoms with Crippen LogP contribution in [0, 0.1) is 0 Å². The fourth-order valence-corrected chi connectivity index (χ4v) is 4.59. The van der Waals surface area contributed by atoms with Crippen LogP contribution in [0.5, 0.6) is 0 Å². The van der Waals surface area contributed by atoms with Crippen LogP contribution in [-0.4, -0.2) is 39.8 Å². The number of thioether (sulfide) groups is 1. The minimum Gasteiger partial charge on any atom is -0.338 e. The van der Waals surface area contributed by atoms with E-state index in [-0.39, 0.29) is 11.8 Å². The molecule has 5 nitrogen and oxygen atoms in total. The molecular weight excluding hydrogens is 366 g/mol. The van der Waals surface area contributed by atoms with Gasteiger partial charge in [-0.25, -0.2) is 0 Å². The van der Waals surface area contributed by atoms with Gasteiger partial charge in [0.1, 0.15) is 0 Å². The van der Waals surface area contributed by atoms with Crippen LogP contribution in [0.1, 0.15) is 35.4 Å². The lowest BCUT2D eigenvalue weighted by Crippen LogP contribution is -2.29. The van der Waals surface area contributed by atoms with Crippen LogP contribution < -0.4 is 0 Å². The van der Waals surface area contributed by atoms with E-state index < -0.39 is 0 Å². The van der Waals surface area contributed by atoms with Crippen LogP contribution in [0.15, 0.2) is 51.2 Å². The van der Waals surface area contributed by atoms with Gasteiger partial charge in [-0.05, 0) is 35.8 Å². The second-order valence-electron chi connectivity index (χ2n) is 6.10. The van der Waals surface area contributed by atoms with Gasteiger partial charge in [0.2, 0.25) is 0 Å². The molecule has 3 heterocycles. The molecule has 1 aromatic carbocycles. The predicted molar refractivity (Wildman–Crippen MR) is 104 cm³/mol. The van der Waals surface area contributed by atoms with Crippen molar-refractivity contribution in [3.63, 3.8) is 0 Å². The maximum atomic E-state index is 13.0. The summed E-state index contributed by atoms with van der Waals surface area (Å²) in [6.45, 7) is 3.45. The summed E-state index contributed by atoms with van der Waals surface area (Å²) in [7, 11) is 0. The van der Waals surface area contributed by atoms with Gasteiger partial charge in [-0.15, -0.1) is 23.1 Å². The number of nitrogens with zero attached hydrogens (tertiary/aromatic N) is 3. The van der Waals surface area contributed by atoms with E-state index in [9.17, 15) is 4.79 Å². The molecule has 0 bridgehead atoms. The molecule has 0 spiro atoms. The van der Waals surface area contributed by atoms with E-state index in [0.29, 0.717) is 18.3 Å². The molecular formula is C19H19N3O2S2. The van der Waals surface area contributed by atoms with Crippen molar-refractivity contribution in [3.05, 3.63) is 53.2 Å². The van der Waals surface area contributed by atoms with Crippen LogP contribution in [0.25, 0.3) is 10.8 Å². The minimum absolute atomic E-state index is 0.0889. The number of benzene rings is 1. The van der Waals surface area contributed by atoms with E-state index in [0.717, 1.165) is 34.1 Å². The highest BCUT2D eigenvalue weighted by atomic mass is 32.2. The summed E-state index contributed by atoms with van der Waals surface area (Å²) in [6.07, 6.45) is 0.859. The highest BCUT2D eigenvalue weighted by molar-refractivity contribution is 7.99. The fraction of sp³-hybridized carbons (Fsp3) is 0.316. The zero-order chi connectivity index (χ0) is 17.9. The largest absolute Gasteiger partial charge is 0.338 e. The number of hydrogen-bond acceptors (Lipinski definition) is 6. The van der Waals surface area contributed by atoms with Crippen molar-refractivity contribution in [2.45, 2.75) is 24.2 Å². The van der Waals surface area contributed by atoms with Crippen LogP contribution >= 0.6 is 23.1 Å². The number of amides is 1. The van der Waals surface area contributed by atoms with Crippen LogP contribution in [0.3, 0.4) is 0 Å². The average Bonchev–Trinajstić information content (AvgIpc) is 3.42. The highest BCUT2D eigenvalue weighted by Crippen LogP contribution is 2.31. The first-order valence-electron chi connectivity index (χ1n) is 8.65. The van der Waals surface area contributed by atoms with E-state index >= 15 is 0 Å². The zero-order valence-corrected chi connectivity index (χ0v) is 16.1. The lowest BCUT2D eigenvalue weighted by Gasteiger charge is -2.17. The number of carbonyl (C=O) groups excluding carboxylic acids is 1. The molecule has 26 heavy (non-hydrogen) atoms. The molecule has 1 atom stereocenters. The topological polar surface area (TPSA) is 59.2 Å². The summed E-state index contributed by atoms with van der Waals surface area (Å²) >= 11 is 3.28. The van der Waals surface area contributed by atoms with Crippen molar-refractivity contribution in [3.8, 4) is 10.8 Å². The molecule has 4 rings (SSSR count). The fourth-order valence-electron chi connectivity index (χ4n) is 3.15. The van der Waals surface area contributed by atoms with Gasteiger partial charge in [-0.2, -0.15) is 4.98 Å². The Morgan fingerprint density at radius 1 is 1.35 bits per heavy atom. The highest BCUT2D eigenvalue weighted by Gasteiger charge is 2.31. The van der Waals surface area contributed by atoms with Gasteiger partial charge >= 0.3 is 0 Å². The molecule has 7 heteroatoms. The van der Waals surface area contributed by atoms with Crippen LogP contribution in [0.2, 0.25) is 0 Å². The van der Waals surface area contributed by atoms with Crippen molar-refractivity contribution in [1.82, 2.24) is 15.0 Å². The number of aromatic nitrogens is 2. The van der Waals surface area contributed by atoms with Crippen LogP contribution in [0.4, 0.5) is 0 Å². The van der Waals surface area contributed by atoms with Crippen molar-refractivity contribution < 1.29 is 9.32 Å². The lowest BCUT2D eigenvalue weighted by atomic mass is 10.1. The molecule has 1 saturated heterocycles. The molecule has 2 aromatic heterocycles. The first-order valence-corrected chi connectivity index (χ1v) is 10.5. The quantitative estimate of drug-likeness (QED) is 0.604. The molecule has 1 aliphatic rings. The lowest BCUT2D eigenvalue weighted by molar-refractivity contribution is 0.0787. The SMILES string of the molecule is CCSc1ccccc1C(=O)N1CC[C@@H](c2noc(-c3cccs3)n2)C1. The molecule has 3 aromatic rings. The summed E-state index contributed by atoms with van der Waals surface area (Å²) in [5.74, 6) is 2.42. The Bertz CT molecular complexity index is 892. The van der Waals surface area contributed by atoms with E-state index in [2.05, 4.69) is 17.1 Å². The third-order valence-corrected chi connectivity index (χ3v) is 6.25. The molecule has 1 fully saturated rings. The van der Waals surface area contributed by atoms with Gasteiger partial charge in [0, 0.05) is 23.9 Å². The molecule has 0 saturated carbocycles. The van der Waals surface area contributed by atoms with Gasteiger partial charge in [0.15, 0.2) is 5.82 Å². The van der Waals surface area contributed by atoms with Crippen LogP contribution in [-0.2, 0) is 0 Å². The number of likely N-dealkylation sites (tertiary alicyclic amines) is 1. The van der Waals surface area contributed by atoms with Gasteiger partial charge in [-0.3, -0.25) is 4.79 Å². The smallest absolute Gasteiger partial charge is 0.267 e. The van der Waals surface area contributed by atoms with Crippen molar-refractivity contribution in [2.24, 2.45) is 0 Å². The Labute approximate surface area is 160 Å². The maximum Gasteiger partial charge on any atom is 0.267 e. The van der Waals surface area contributed by atoms with Gasteiger partial charge in [0.25, 0.3) is 11.8 Å². The summed E-state index contributed by atoms with van der Waals surface area (Å²) in [5, 5.41) is 6.13. The summed E-state index contributed by atoms with van der Waals surface area (Å²) in [6, 6.07) is 11.8. The molecule has 0 unspecified atom stereocenters. The third kappa shape index (κ3) is 3.41. The molecule has 1 amide bonds. The monoisotopic (exact) mass is 385 g/mol. The Kier molecular flexibility index (Phi) is 5.08. The van der Waals surface area contributed by atoms with E-state index in [1.807, 2.05) is 46.7 Å². The first-order chi connectivity index (χ1) is 12.8.